The quantitative estimate of drug-likeness (QED) is 0.389. The third kappa shape index (κ3) is 5.26. The molecular weight excluding hydrogens is 480 g/mol. The maximum atomic E-state index is 13.3. The van der Waals surface area contributed by atoms with Gasteiger partial charge in [0.15, 0.2) is 11.5 Å². The van der Waals surface area contributed by atoms with Crippen molar-refractivity contribution in [3.05, 3.63) is 59.1 Å². The highest BCUT2D eigenvalue weighted by molar-refractivity contribution is 5.96. The van der Waals surface area contributed by atoms with Crippen LogP contribution in [0.2, 0.25) is 0 Å². The number of nitrogens with one attached hydrogen (secondary N) is 1. The van der Waals surface area contributed by atoms with Crippen molar-refractivity contribution in [1.29, 1.82) is 0 Å². The van der Waals surface area contributed by atoms with Gasteiger partial charge in [0.25, 0.3) is 0 Å². The van der Waals surface area contributed by atoms with E-state index in [2.05, 4.69) is 5.32 Å². The van der Waals surface area contributed by atoms with Crippen molar-refractivity contribution < 1.29 is 38.5 Å². The van der Waals surface area contributed by atoms with Crippen LogP contribution in [-0.2, 0) is 16.1 Å². The molecule has 4 atom stereocenters. The Bertz CT molecular complexity index is 1160. The molecule has 0 saturated heterocycles. The second-order valence-corrected chi connectivity index (χ2v) is 9.16. The van der Waals surface area contributed by atoms with Crippen LogP contribution in [0.3, 0.4) is 0 Å². The van der Waals surface area contributed by atoms with E-state index < -0.39 is 30.1 Å². The van der Waals surface area contributed by atoms with Crippen LogP contribution in [0.15, 0.2) is 46.8 Å². The number of aliphatic hydroxyl groups is 2. The summed E-state index contributed by atoms with van der Waals surface area (Å²) in [5, 5.41) is 23.5. The van der Waals surface area contributed by atoms with Gasteiger partial charge in [-0.1, -0.05) is 13.3 Å². The average molecular weight is 513 g/mol. The van der Waals surface area contributed by atoms with Crippen LogP contribution in [0.1, 0.15) is 53.6 Å². The smallest absolute Gasteiger partial charge is 0.247 e. The lowest BCUT2D eigenvalue weighted by Crippen LogP contribution is -2.55. The molecule has 4 rings (SSSR count). The monoisotopic (exact) mass is 512 g/mol. The zero-order valence-corrected chi connectivity index (χ0v) is 20.9. The van der Waals surface area contributed by atoms with Gasteiger partial charge in [-0.3, -0.25) is 14.4 Å². The Morgan fingerprint density at radius 3 is 2.76 bits per heavy atom. The van der Waals surface area contributed by atoms with Crippen molar-refractivity contribution in [2.75, 3.05) is 20.3 Å². The van der Waals surface area contributed by atoms with Crippen LogP contribution < -0.4 is 14.8 Å². The highest BCUT2D eigenvalue weighted by Crippen LogP contribution is 2.51. The molecule has 10 heteroatoms. The van der Waals surface area contributed by atoms with Crippen molar-refractivity contribution in [3.63, 3.8) is 0 Å². The number of ether oxygens (including phenoxy) is 2. The predicted octanol–water partition coefficient (Wildman–Crippen LogP) is 1.94. The van der Waals surface area contributed by atoms with Gasteiger partial charge in [-0.15, -0.1) is 0 Å². The molecule has 1 aromatic carbocycles. The van der Waals surface area contributed by atoms with Crippen molar-refractivity contribution in [3.8, 4) is 11.5 Å². The number of aliphatic hydroxyl groups excluding tert-OH is 2. The lowest BCUT2D eigenvalue weighted by Gasteiger charge is -2.40. The molecule has 2 amide bonds. The molecule has 3 N–H and O–H groups in total. The van der Waals surface area contributed by atoms with Crippen molar-refractivity contribution in [1.82, 2.24) is 10.2 Å². The number of carbonyl (C=O) groups is 3. The number of hydrogen-bond donors (Lipinski definition) is 3. The van der Waals surface area contributed by atoms with Gasteiger partial charge in [0.05, 0.1) is 38.2 Å². The molecule has 1 aromatic heterocycles. The van der Waals surface area contributed by atoms with E-state index in [0.717, 1.165) is 12.0 Å². The van der Waals surface area contributed by atoms with Crippen LogP contribution in [0.5, 0.6) is 11.5 Å². The van der Waals surface area contributed by atoms with Crippen LogP contribution in [-0.4, -0.2) is 71.7 Å². The number of hydrogen-bond acceptors (Lipinski definition) is 8. The summed E-state index contributed by atoms with van der Waals surface area (Å²) in [6, 6.07) is 4.01. The number of nitrogens with zero attached hydrogens (tertiary/aromatic N) is 1. The Labute approximate surface area is 214 Å². The zero-order chi connectivity index (χ0) is 26.5. The van der Waals surface area contributed by atoms with E-state index in [1.54, 1.807) is 23.1 Å². The molecule has 1 aliphatic heterocycles. The summed E-state index contributed by atoms with van der Waals surface area (Å²) in [7, 11) is 1.44. The summed E-state index contributed by atoms with van der Waals surface area (Å²) in [5.74, 6) is -0.704. The van der Waals surface area contributed by atoms with E-state index in [1.165, 1.54) is 25.7 Å². The molecule has 1 aliphatic carbocycles. The lowest BCUT2D eigenvalue weighted by molar-refractivity contribution is -0.138. The number of aldehydes is 1. The van der Waals surface area contributed by atoms with Gasteiger partial charge < -0.3 is 34.3 Å². The second-order valence-electron chi connectivity index (χ2n) is 9.16. The minimum atomic E-state index is -1.19. The number of rotatable bonds is 11. The van der Waals surface area contributed by atoms with Crippen molar-refractivity contribution in [2.45, 2.75) is 56.9 Å². The normalized spacial score (nSPS) is 21.8. The number of fused-ring (bicyclic) bond motifs is 3. The summed E-state index contributed by atoms with van der Waals surface area (Å²) < 4.78 is 16.8. The lowest BCUT2D eigenvalue weighted by atomic mass is 9.77. The first-order valence-electron chi connectivity index (χ1n) is 12.4. The Balaban J connectivity index is 1.80. The fourth-order valence-corrected chi connectivity index (χ4v) is 4.97. The van der Waals surface area contributed by atoms with E-state index in [1.807, 2.05) is 6.92 Å². The highest BCUT2D eigenvalue weighted by atomic mass is 16.5. The first kappa shape index (κ1) is 26.4. The highest BCUT2D eigenvalue weighted by Gasteiger charge is 2.51. The molecule has 198 valence electrons. The number of methoxy groups -OCH3 is 1. The molecule has 2 heterocycles. The van der Waals surface area contributed by atoms with Gasteiger partial charge in [-0.05, 0) is 30.7 Å². The standard InChI is InChI=1S/C27H32N2O8/c1-3-4-5-22(32)29(13-16-6-9-36-15-16)20-12-19(27(34)28-7-8-30)23-18-10-17(14-31)11-21(35-2)25(18)37-26(23)24(20)33/h6,9-12,14-15,20,23-24,26,30,33H,3-5,7-8,13H2,1-2H3,(H,28,34). The average Bonchev–Trinajstić information content (AvgIpc) is 3.57. The van der Waals surface area contributed by atoms with Crippen LogP contribution in [0, 0.1) is 0 Å². The maximum absolute atomic E-state index is 13.3. The van der Waals surface area contributed by atoms with Gasteiger partial charge in [-0.2, -0.15) is 0 Å². The fraction of sp³-hybridized carbons (Fsp3) is 0.444. The number of carbonyl (C=O) groups excluding carboxylic acids is 3. The third-order valence-electron chi connectivity index (χ3n) is 6.77. The molecule has 0 bridgehead atoms. The molecule has 0 spiro atoms. The molecule has 0 fully saturated rings. The molecule has 0 radical (unpaired) electrons. The number of amides is 2. The van der Waals surface area contributed by atoms with E-state index >= 15 is 0 Å². The van der Waals surface area contributed by atoms with E-state index in [4.69, 9.17) is 13.9 Å². The third-order valence-corrected chi connectivity index (χ3v) is 6.77. The summed E-state index contributed by atoms with van der Waals surface area (Å²) >= 11 is 0. The summed E-state index contributed by atoms with van der Waals surface area (Å²) in [6.07, 6.45) is 4.99. The Morgan fingerprint density at radius 2 is 2.11 bits per heavy atom. The van der Waals surface area contributed by atoms with Crippen molar-refractivity contribution in [2.24, 2.45) is 0 Å². The van der Waals surface area contributed by atoms with Gasteiger partial charge >= 0.3 is 0 Å². The summed E-state index contributed by atoms with van der Waals surface area (Å²) in [6.45, 7) is 1.94. The van der Waals surface area contributed by atoms with Gasteiger partial charge in [0.2, 0.25) is 11.8 Å². The fourth-order valence-electron chi connectivity index (χ4n) is 4.97. The number of benzene rings is 1. The van der Waals surface area contributed by atoms with E-state index in [-0.39, 0.29) is 37.6 Å². The largest absolute Gasteiger partial charge is 0.493 e. The molecule has 10 nitrogen and oxygen atoms in total. The maximum Gasteiger partial charge on any atom is 0.247 e. The second kappa shape index (κ2) is 11.6. The minimum Gasteiger partial charge on any atom is -0.493 e. The molecule has 0 saturated carbocycles. The zero-order valence-electron chi connectivity index (χ0n) is 20.9. The molecule has 4 unspecified atom stereocenters. The van der Waals surface area contributed by atoms with Gasteiger partial charge in [-0.25, -0.2) is 0 Å². The topological polar surface area (TPSA) is 139 Å². The first-order valence-corrected chi connectivity index (χ1v) is 12.4. The van der Waals surface area contributed by atoms with Crippen LogP contribution in [0.25, 0.3) is 0 Å². The van der Waals surface area contributed by atoms with Gasteiger partial charge in [0.1, 0.15) is 18.5 Å². The minimum absolute atomic E-state index is 0.0281. The van der Waals surface area contributed by atoms with Crippen LogP contribution in [0.4, 0.5) is 0 Å². The number of unbranched alkanes of at least 4 members (excludes halogenated alkanes) is 1. The Hall–Kier alpha value is -3.63. The van der Waals surface area contributed by atoms with E-state index in [9.17, 15) is 24.6 Å². The molecule has 2 aliphatic rings. The molecular formula is C27H32N2O8. The predicted molar refractivity (Wildman–Crippen MR) is 132 cm³/mol. The Morgan fingerprint density at radius 1 is 1.30 bits per heavy atom. The van der Waals surface area contributed by atoms with Gasteiger partial charge in [0, 0.05) is 41.8 Å². The molecule has 37 heavy (non-hydrogen) atoms. The SMILES string of the molecule is CCCCC(=O)N(Cc1ccoc1)C1C=C(C(=O)NCCO)C2c3cc(C=O)cc(OC)c3OC2C1O. The van der Waals surface area contributed by atoms with Crippen molar-refractivity contribution >= 4 is 18.1 Å². The van der Waals surface area contributed by atoms with E-state index in [0.29, 0.717) is 35.3 Å². The number of furan rings is 1. The van der Waals surface area contributed by atoms with Crippen LogP contribution >= 0.6 is 0 Å². The summed E-state index contributed by atoms with van der Waals surface area (Å²) in [5.41, 5.74) is 1.89. The first-order chi connectivity index (χ1) is 17.9. The summed E-state index contributed by atoms with van der Waals surface area (Å²) in [4.78, 5) is 39.8. The Kier molecular flexibility index (Phi) is 8.30. The molecule has 2 aromatic rings.